The van der Waals surface area contributed by atoms with Crippen LogP contribution in [0.3, 0.4) is 0 Å². The molecule has 144 valence electrons. The molecule has 0 saturated carbocycles. The molecule has 0 spiro atoms. The summed E-state index contributed by atoms with van der Waals surface area (Å²) in [5.74, 6) is -0.199. The van der Waals surface area contributed by atoms with Crippen molar-refractivity contribution >= 4 is 12.0 Å². The molecule has 0 unspecified atom stereocenters. The van der Waals surface area contributed by atoms with Crippen LogP contribution in [0.25, 0.3) is 6.08 Å². The normalized spacial score (nSPS) is 15.9. The van der Waals surface area contributed by atoms with Crippen LogP contribution in [0.4, 0.5) is 0 Å². The number of hydrogen-bond acceptors (Lipinski definition) is 5. The van der Waals surface area contributed by atoms with Crippen molar-refractivity contribution in [3.05, 3.63) is 53.9 Å². The van der Waals surface area contributed by atoms with Crippen LogP contribution in [0.1, 0.15) is 29.9 Å². The molecule has 1 aromatic carbocycles. The molecule has 0 bridgehead atoms. The van der Waals surface area contributed by atoms with Gasteiger partial charge in [-0.05, 0) is 19.4 Å². The van der Waals surface area contributed by atoms with Gasteiger partial charge in [-0.15, -0.1) is 5.10 Å². The Morgan fingerprint density at radius 1 is 1.26 bits per heavy atom. The van der Waals surface area contributed by atoms with Gasteiger partial charge < -0.3 is 10.1 Å². The smallest absolute Gasteiger partial charge is 0.273 e. The Bertz CT molecular complexity index is 764. The first kappa shape index (κ1) is 19.3. The highest BCUT2D eigenvalue weighted by molar-refractivity contribution is 5.91. The highest BCUT2D eigenvalue weighted by Crippen LogP contribution is 2.15. The summed E-state index contributed by atoms with van der Waals surface area (Å²) in [7, 11) is 0. The number of nitrogens with zero attached hydrogens (tertiary/aromatic N) is 4. The molecule has 1 aliphatic rings. The van der Waals surface area contributed by atoms with Crippen molar-refractivity contribution < 1.29 is 9.53 Å². The number of benzene rings is 1. The van der Waals surface area contributed by atoms with E-state index in [4.69, 9.17) is 4.74 Å². The Balaban J connectivity index is 1.50. The van der Waals surface area contributed by atoms with E-state index in [1.165, 1.54) is 0 Å². The molecule has 1 fully saturated rings. The Labute approximate surface area is 160 Å². The van der Waals surface area contributed by atoms with E-state index in [2.05, 4.69) is 34.4 Å². The highest BCUT2D eigenvalue weighted by Gasteiger charge is 2.29. The SMILES string of the molecule is CC(C)(CNC(=O)c1cn(C/C=C/c2ccccc2)nn1)N1CCOCC1. The van der Waals surface area contributed by atoms with Gasteiger partial charge in [-0.25, -0.2) is 4.68 Å². The quantitative estimate of drug-likeness (QED) is 0.806. The molecule has 7 heteroatoms. The number of carbonyl (C=O) groups is 1. The summed E-state index contributed by atoms with van der Waals surface area (Å²) in [4.78, 5) is 14.7. The maximum atomic E-state index is 12.4. The summed E-state index contributed by atoms with van der Waals surface area (Å²) in [6.07, 6.45) is 5.69. The monoisotopic (exact) mass is 369 g/mol. The summed E-state index contributed by atoms with van der Waals surface area (Å²) in [6, 6.07) is 10.0. The first-order valence-corrected chi connectivity index (χ1v) is 9.27. The number of nitrogens with one attached hydrogen (secondary N) is 1. The predicted octanol–water partition coefficient (Wildman–Crippen LogP) is 1.83. The van der Waals surface area contributed by atoms with Gasteiger partial charge in [-0.2, -0.15) is 0 Å². The molecule has 1 amide bonds. The molecule has 2 heterocycles. The summed E-state index contributed by atoms with van der Waals surface area (Å²) in [5.41, 5.74) is 1.33. The van der Waals surface area contributed by atoms with Crippen LogP contribution in [0.2, 0.25) is 0 Å². The number of allylic oxidation sites excluding steroid dienone is 1. The molecule has 0 radical (unpaired) electrons. The molecular formula is C20H27N5O2. The fourth-order valence-corrected chi connectivity index (χ4v) is 3.02. The summed E-state index contributed by atoms with van der Waals surface area (Å²) >= 11 is 0. The molecule has 7 nitrogen and oxygen atoms in total. The lowest BCUT2D eigenvalue weighted by molar-refractivity contribution is -0.00924. The largest absolute Gasteiger partial charge is 0.379 e. The number of amides is 1. The van der Waals surface area contributed by atoms with Gasteiger partial charge in [0.15, 0.2) is 5.69 Å². The zero-order chi connectivity index (χ0) is 19.1. The van der Waals surface area contributed by atoms with Crippen molar-refractivity contribution in [2.75, 3.05) is 32.8 Å². The van der Waals surface area contributed by atoms with Crippen molar-refractivity contribution in [1.29, 1.82) is 0 Å². The molecule has 0 atom stereocenters. The van der Waals surface area contributed by atoms with Crippen molar-refractivity contribution in [2.24, 2.45) is 0 Å². The minimum atomic E-state index is -0.199. The molecular weight excluding hydrogens is 342 g/mol. The third-order valence-corrected chi connectivity index (χ3v) is 4.72. The van der Waals surface area contributed by atoms with Gasteiger partial charge in [0.25, 0.3) is 5.91 Å². The minimum Gasteiger partial charge on any atom is -0.379 e. The molecule has 1 aromatic heterocycles. The molecule has 0 aliphatic carbocycles. The number of hydrogen-bond donors (Lipinski definition) is 1. The van der Waals surface area contributed by atoms with Gasteiger partial charge in [0.2, 0.25) is 0 Å². The van der Waals surface area contributed by atoms with Crippen molar-refractivity contribution in [2.45, 2.75) is 25.9 Å². The van der Waals surface area contributed by atoms with Gasteiger partial charge in [-0.3, -0.25) is 9.69 Å². The summed E-state index contributed by atoms with van der Waals surface area (Å²) in [5, 5.41) is 11.0. The second-order valence-electron chi connectivity index (χ2n) is 7.23. The van der Waals surface area contributed by atoms with E-state index in [1.807, 2.05) is 42.5 Å². The maximum absolute atomic E-state index is 12.4. The summed E-state index contributed by atoms with van der Waals surface area (Å²) in [6.45, 7) is 8.61. The van der Waals surface area contributed by atoms with Crippen LogP contribution in [-0.2, 0) is 11.3 Å². The third-order valence-electron chi connectivity index (χ3n) is 4.72. The van der Waals surface area contributed by atoms with E-state index in [9.17, 15) is 4.79 Å². The lowest BCUT2D eigenvalue weighted by Gasteiger charge is -2.40. The van der Waals surface area contributed by atoms with Crippen LogP contribution < -0.4 is 5.32 Å². The second kappa shape index (κ2) is 8.92. The fourth-order valence-electron chi connectivity index (χ4n) is 3.02. The summed E-state index contributed by atoms with van der Waals surface area (Å²) < 4.78 is 7.05. The van der Waals surface area contributed by atoms with Gasteiger partial charge in [-0.1, -0.05) is 47.7 Å². The Morgan fingerprint density at radius 2 is 2.00 bits per heavy atom. The number of carbonyl (C=O) groups excluding carboxylic acids is 1. The van der Waals surface area contributed by atoms with Crippen LogP contribution >= 0.6 is 0 Å². The molecule has 1 aliphatic heterocycles. The van der Waals surface area contributed by atoms with Crippen LogP contribution in [0.15, 0.2) is 42.6 Å². The number of aromatic nitrogens is 3. The van der Waals surface area contributed by atoms with E-state index >= 15 is 0 Å². The molecule has 1 N–H and O–H groups in total. The van der Waals surface area contributed by atoms with Gasteiger partial charge in [0.05, 0.1) is 26.0 Å². The molecule has 1 saturated heterocycles. The van der Waals surface area contributed by atoms with Crippen LogP contribution in [0, 0.1) is 0 Å². The fraction of sp³-hybridized carbons (Fsp3) is 0.450. The van der Waals surface area contributed by atoms with Crippen LogP contribution in [0.5, 0.6) is 0 Å². The molecule has 2 aromatic rings. The lowest BCUT2D eigenvalue weighted by Crippen LogP contribution is -2.55. The topological polar surface area (TPSA) is 72.3 Å². The Hall–Kier alpha value is -2.51. The van der Waals surface area contributed by atoms with Gasteiger partial charge in [0.1, 0.15) is 0 Å². The lowest BCUT2D eigenvalue weighted by atomic mass is 10.0. The molecule has 3 rings (SSSR count). The van der Waals surface area contributed by atoms with Crippen molar-refractivity contribution in [3.8, 4) is 0 Å². The van der Waals surface area contributed by atoms with Gasteiger partial charge in [0, 0.05) is 25.2 Å². The van der Waals surface area contributed by atoms with E-state index in [0.717, 1.165) is 31.9 Å². The average Bonchev–Trinajstić information content (AvgIpc) is 3.17. The Morgan fingerprint density at radius 3 is 2.74 bits per heavy atom. The first-order chi connectivity index (χ1) is 13.0. The van der Waals surface area contributed by atoms with E-state index in [-0.39, 0.29) is 11.4 Å². The van der Waals surface area contributed by atoms with Crippen molar-refractivity contribution in [1.82, 2.24) is 25.2 Å². The predicted molar refractivity (Wildman–Crippen MR) is 104 cm³/mol. The van der Waals surface area contributed by atoms with Crippen molar-refractivity contribution in [3.63, 3.8) is 0 Å². The van der Waals surface area contributed by atoms with E-state index in [1.54, 1.807) is 10.9 Å². The zero-order valence-electron chi connectivity index (χ0n) is 16.0. The first-order valence-electron chi connectivity index (χ1n) is 9.27. The number of rotatable bonds is 7. The zero-order valence-corrected chi connectivity index (χ0v) is 16.0. The van der Waals surface area contributed by atoms with E-state index in [0.29, 0.717) is 18.8 Å². The molecule has 27 heavy (non-hydrogen) atoms. The van der Waals surface area contributed by atoms with E-state index < -0.39 is 0 Å². The minimum absolute atomic E-state index is 0.131. The second-order valence-corrected chi connectivity index (χ2v) is 7.23. The highest BCUT2D eigenvalue weighted by atomic mass is 16.5. The maximum Gasteiger partial charge on any atom is 0.273 e. The van der Waals surface area contributed by atoms with Gasteiger partial charge >= 0.3 is 0 Å². The number of morpholine rings is 1. The van der Waals surface area contributed by atoms with Crippen LogP contribution in [-0.4, -0.2) is 64.2 Å². The third kappa shape index (κ3) is 5.48. The Kier molecular flexibility index (Phi) is 6.36. The standard InChI is InChI=1S/C20H27N5O2/c1-20(2,24-11-13-27-14-12-24)16-21-19(26)18-15-25(23-22-18)10-6-9-17-7-4-3-5-8-17/h3-9,15H,10-14,16H2,1-2H3,(H,21,26)/b9-6+. The number of ether oxygens (including phenoxy) is 1. The average molecular weight is 369 g/mol.